The Balaban J connectivity index is 1.65. The second kappa shape index (κ2) is 8.10. The standard InChI is InChI=1S/C16H27N5O2/c1-11-12(2)19-20-14(11)5-6-15(22)18-7-9-21-8-3-4-13(10-21)16(17)23/h13H,3-10H2,1-2H3,(H2,17,23)(H,18,22)(H,19,20)/t13-/m0/s1. The highest BCUT2D eigenvalue weighted by Crippen LogP contribution is 2.15. The van der Waals surface area contributed by atoms with Crippen LogP contribution >= 0.6 is 0 Å². The fourth-order valence-corrected chi connectivity index (χ4v) is 2.94. The number of hydrogen-bond acceptors (Lipinski definition) is 4. The Kier molecular flexibility index (Phi) is 6.15. The SMILES string of the molecule is Cc1[nH]nc(CCC(=O)NCCN2CCC[C@H](C(N)=O)C2)c1C. The number of aromatic nitrogens is 2. The summed E-state index contributed by atoms with van der Waals surface area (Å²) in [6, 6.07) is 0. The first kappa shape index (κ1) is 17.5. The van der Waals surface area contributed by atoms with Gasteiger partial charge in [0.15, 0.2) is 0 Å². The van der Waals surface area contributed by atoms with Crippen molar-refractivity contribution in [3.05, 3.63) is 17.0 Å². The lowest BCUT2D eigenvalue weighted by Gasteiger charge is -2.31. The number of H-pyrrole nitrogens is 1. The van der Waals surface area contributed by atoms with Crippen molar-refractivity contribution in [3.63, 3.8) is 0 Å². The summed E-state index contributed by atoms with van der Waals surface area (Å²) in [4.78, 5) is 25.4. The van der Waals surface area contributed by atoms with Gasteiger partial charge in [0, 0.05) is 38.2 Å². The molecule has 0 spiro atoms. The average molecular weight is 321 g/mol. The Labute approximate surface area is 137 Å². The van der Waals surface area contributed by atoms with Gasteiger partial charge >= 0.3 is 0 Å². The van der Waals surface area contributed by atoms with E-state index in [1.807, 2.05) is 13.8 Å². The average Bonchev–Trinajstić information content (AvgIpc) is 2.85. The molecule has 2 rings (SSSR count). The van der Waals surface area contributed by atoms with Crippen LogP contribution in [0.2, 0.25) is 0 Å². The molecule has 1 aromatic heterocycles. The number of hydrogen-bond donors (Lipinski definition) is 3. The number of carbonyl (C=O) groups is 2. The van der Waals surface area contributed by atoms with Crippen LogP contribution in [0.5, 0.6) is 0 Å². The summed E-state index contributed by atoms with van der Waals surface area (Å²) in [6.45, 7) is 7.02. The summed E-state index contributed by atoms with van der Waals surface area (Å²) in [5, 5.41) is 10.1. The predicted molar refractivity (Wildman–Crippen MR) is 87.8 cm³/mol. The molecule has 2 heterocycles. The lowest BCUT2D eigenvalue weighted by atomic mass is 9.97. The van der Waals surface area contributed by atoms with E-state index in [2.05, 4.69) is 20.4 Å². The second-order valence-corrected chi connectivity index (χ2v) is 6.31. The van der Waals surface area contributed by atoms with Gasteiger partial charge in [-0.05, 0) is 38.8 Å². The van der Waals surface area contributed by atoms with Crippen molar-refractivity contribution in [3.8, 4) is 0 Å². The molecule has 0 radical (unpaired) electrons. The fourth-order valence-electron chi connectivity index (χ4n) is 2.94. The number of carbonyl (C=O) groups excluding carboxylic acids is 2. The number of rotatable bonds is 7. The molecular formula is C16H27N5O2. The normalized spacial score (nSPS) is 18.8. The summed E-state index contributed by atoms with van der Waals surface area (Å²) in [6.07, 6.45) is 2.95. The first-order chi connectivity index (χ1) is 11.0. The third-order valence-corrected chi connectivity index (χ3v) is 4.60. The highest BCUT2D eigenvalue weighted by molar-refractivity contribution is 5.77. The Morgan fingerprint density at radius 3 is 2.87 bits per heavy atom. The van der Waals surface area contributed by atoms with Crippen LogP contribution in [0, 0.1) is 19.8 Å². The van der Waals surface area contributed by atoms with E-state index in [0.717, 1.165) is 42.9 Å². The molecule has 2 amide bonds. The zero-order chi connectivity index (χ0) is 16.8. The molecule has 0 unspecified atom stereocenters. The lowest BCUT2D eigenvalue weighted by molar-refractivity contribution is -0.124. The van der Waals surface area contributed by atoms with Crippen molar-refractivity contribution in [1.82, 2.24) is 20.4 Å². The van der Waals surface area contributed by atoms with Crippen molar-refractivity contribution >= 4 is 11.8 Å². The number of amides is 2. The summed E-state index contributed by atoms with van der Waals surface area (Å²) < 4.78 is 0. The molecule has 1 aromatic rings. The van der Waals surface area contributed by atoms with Crippen LogP contribution in [0.4, 0.5) is 0 Å². The van der Waals surface area contributed by atoms with Gasteiger partial charge in [-0.15, -0.1) is 0 Å². The number of nitrogens with zero attached hydrogens (tertiary/aromatic N) is 2. The molecule has 0 aromatic carbocycles. The molecular weight excluding hydrogens is 294 g/mol. The Morgan fingerprint density at radius 1 is 1.43 bits per heavy atom. The third kappa shape index (κ3) is 5.06. The number of piperidine rings is 1. The van der Waals surface area contributed by atoms with Gasteiger partial charge in [0.2, 0.25) is 11.8 Å². The Hall–Kier alpha value is -1.89. The molecule has 0 bridgehead atoms. The minimum Gasteiger partial charge on any atom is -0.369 e. The first-order valence-electron chi connectivity index (χ1n) is 8.26. The summed E-state index contributed by atoms with van der Waals surface area (Å²) >= 11 is 0. The van der Waals surface area contributed by atoms with E-state index >= 15 is 0 Å². The maximum atomic E-state index is 11.9. The first-order valence-corrected chi connectivity index (χ1v) is 8.26. The second-order valence-electron chi connectivity index (χ2n) is 6.31. The molecule has 1 aliphatic rings. The molecule has 1 saturated heterocycles. The van der Waals surface area contributed by atoms with Gasteiger partial charge in [-0.2, -0.15) is 5.10 Å². The monoisotopic (exact) mass is 321 g/mol. The molecule has 1 atom stereocenters. The number of primary amides is 1. The van der Waals surface area contributed by atoms with E-state index in [0.29, 0.717) is 25.9 Å². The molecule has 7 nitrogen and oxygen atoms in total. The Morgan fingerprint density at radius 2 is 2.22 bits per heavy atom. The van der Waals surface area contributed by atoms with Crippen LogP contribution in [0.25, 0.3) is 0 Å². The highest BCUT2D eigenvalue weighted by Gasteiger charge is 2.23. The Bertz CT molecular complexity index is 555. The van der Waals surface area contributed by atoms with E-state index in [1.54, 1.807) is 0 Å². The largest absolute Gasteiger partial charge is 0.369 e. The maximum absolute atomic E-state index is 11.9. The van der Waals surface area contributed by atoms with E-state index < -0.39 is 0 Å². The zero-order valence-electron chi connectivity index (χ0n) is 14.0. The number of nitrogens with one attached hydrogen (secondary N) is 2. The maximum Gasteiger partial charge on any atom is 0.221 e. The molecule has 23 heavy (non-hydrogen) atoms. The van der Waals surface area contributed by atoms with Gasteiger partial charge in [-0.1, -0.05) is 0 Å². The van der Waals surface area contributed by atoms with Crippen molar-refractivity contribution in [1.29, 1.82) is 0 Å². The minimum atomic E-state index is -0.219. The van der Waals surface area contributed by atoms with Crippen molar-refractivity contribution < 1.29 is 9.59 Å². The van der Waals surface area contributed by atoms with Crippen LogP contribution in [0.15, 0.2) is 0 Å². The van der Waals surface area contributed by atoms with Gasteiger partial charge < -0.3 is 16.0 Å². The van der Waals surface area contributed by atoms with Crippen molar-refractivity contribution in [2.45, 2.75) is 39.5 Å². The quantitative estimate of drug-likeness (QED) is 0.670. The highest BCUT2D eigenvalue weighted by atomic mass is 16.2. The van der Waals surface area contributed by atoms with Crippen LogP contribution < -0.4 is 11.1 Å². The number of nitrogens with two attached hydrogens (primary N) is 1. The number of aryl methyl sites for hydroxylation is 2. The number of aromatic amines is 1. The molecule has 7 heteroatoms. The minimum absolute atomic E-state index is 0.0357. The van der Waals surface area contributed by atoms with E-state index in [-0.39, 0.29) is 17.7 Å². The summed E-state index contributed by atoms with van der Waals surface area (Å²) in [7, 11) is 0. The van der Waals surface area contributed by atoms with Gasteiger partial charge in [0.1, 0.15) is 0 Å². The van der Waals surface area contributed by atoms with Gasteiger partial charge in [0.05, 0.1) is 11.6 Å². The van der Waals surface area contributed by atoms with Gasteiger partial charge in [-0.25, -0.2) is 0 Å². The molecule has 128 valence electrons. The van der Waals surface area contributed by atoms with E-state index in [4.69, 9.17) is 5.73 Å². The molecule has 0 saturated carbocycles. The van der Waals surface area contributed by atoms with Crippen LogP contribution in [0.3, 0.4) is 0 Å². The van der Waals surface area contributed by atoms with Crippen LogP contribution in [-0.2, 0) is 16.0 Å². The summed E-state index contributed by atoms with van der Waals surface area (Å²) in [5.41, 5.74) is 8.51. The van der Waals surface area contributed by atoms with E-state index in [1.165, 1.54) is 0 Å². The molecule has 4 N–H and O–H groups in total. The third-order valence-electron chi connectivity index (χ3n) is 4.60. The molecule has 1 aliphatic heterocycles. The van der Waals surface area contributed by atoms with Gasteiger partial charge in [0.25, 0.3) is 0 Å². The van der Waals surface area contributed by atoms with Crippen molar-refractivity contribution in [2.75, 3.05) is 26.2 Å². The fraction of sp³-hybridized carbons (Fsp3) is 0.688. The van der Waals surface area contributed by atoms with E-state index in [9.17, 15) is 9.59 Å². The smallest absolute Gasteiger partial charge is 0.221 e. The van der Waals surface area contributed by atoms with Crippen molar-refractivity contribution in [2.24, 2.45) is 11.7 Å². The topological polar surface area (TPSA) is 104 Å². The number of likely N-dealkylation sites (tertiary alicyclic amines) is 1. The molecule has 1 fully saturated rings. The molecule has 0 aliphatic carbocycles. The summed E-state index contributed by atoms with van der Waals surface area (Å²) in [5.74, 6) is -0.234. The van der Waals surface area contributed by atoms with Crippen LogP contribution in [0.1, 0.15) is 36.2 Å². The van der Waals surface area contributed by atoms with Crippen LogP contribution in [-0.4, -0.2) is 53.1 Å². The van der Waals surface area contributed by atoms with Gasteiger partial charge in [-0.3, -0.25) is 14.7 Å². The predicted octanol–water partition coefficient (Wildman–Crippen LogP) is 0.273. The lowest BCUT2D eigenvalue weighted by Crippen LogP contribution is -2.44. The zero-order valence-corrected chi connectivity index (χ0v) is 14.0.